The van der Waals surface area contributed by atoms with Crippen molar-refractivity contribution in [3.8, 4) is 0 Å². The van der Waals surface area contributed by atoms with E-state index in [0.29, 0.717) is 21.1 Å². The number of rotatable bonds is 1. The monoisotopic (exact) mass is 244 g/mol. The van der Waals surface area contributed by atoms with Crippen LogP contribution in [0.4, 0.5) is 0 Å². The Labute approximate surface area is 95.2 Å². The van der Waals surface area contributed by atoms with Crippen LogP contribution in [0.5, 0.6) is 0 Å². The van der Waals surface area contributed by atoms with Gasteiger partial charge < -0.3 is 9.72 Å². The van der Waals surface area contributed by atoms with Gasteiger partial charge in [0.05, 0.1) is 28.2 Å². The smallest absolute Gasteiger partial charge is 0.374 e. The summed E-state index contributed by atoms with van der Waals surface area (Å²) in [5.74, 6) is -0.399. The highest BCUT2D eigenvalue weighted by Crippen LogP contribution is 2.26. The van der Waals surface area contributed by atoms with Gasteiger partial charge in [-0.25, -0.2) is 9.78 Å². The van der Waals surface area contributed by atoms with Gasteiger partial charge in [-0.2, -0.15) is 0 Å². The molecule has 0 fully saturated rings. The maximum absolute atomic E-state index is 11.2. The lowest BCUT2D eigenvalue weighted by Crippen LogP contribution is -2.02. The molecule has 1 aromatic carbocycles. The number of imidazole rings is 1. The largest absolute Gasteiger partial charge is 0.463 e. The Hall–Kier alpha value is -1.26. The highest BCUT2D eigenvalue weighted by molar-refractivity contribution is 6.42. The normalized spacial score (nSPS) is 10.6. The number of H-pyrrole nitrogens is 1. The average Bonchev–Trinajstić information content (AvgIpc) is 2.60. The van der Waals surface area contributed by atoms with Crippen LogP contribution in [0, 0.1) is 0 Å². The Morgan fingerprint density at radius 2 is 2.07 bits per heavy atom. The highest BCUT2D eigenvalue weighted by Gasteiger charge is 2.12. The Bertz CT molecular complexity index is 497. The molecule has 0 aliphatic rings. The second-order valence-corrected chi connectivity index (χ2v) is 3.67. The van der Waals surface area contributed by atoms with Crippen molar-refractivity contribution >= 4 is 40.2 Å². The van der Waals surface area contributed by atoms with Crippen LogP contribution in [0.25, 0.3) is 11.0 Å². The molecule has 0 spiro atoms. The van der Waals surface area contributed by atoms with Gasteiger partial charge in [-0.3, -0.25) is 0 Å². The van der Waals surface area contributed by atoms with Crippen molar-refractivity contribution in [2.45, 2.75) is 0 Å². The maximum atomic E-state index is 11.2. The Morgan fingerprint density at radius 1 is 1.40 bits per heavy atom. The second-order valence-electron chi connectivity index (χ2n) is 2.86. The molecule has 0 radical (unpaired) electrons. The number of nitrogens with one attached hydrogen (secondary N) is 1. The number of hydrogen-bond acceptors (Lipinski definition) is 3. The van der Waals surface area contributed by atoms with Crippen LogP contribution in [0.1, 0.15) is 10.6 Å². The van der Waals surface area contributed by atoms with Gasteiger partial charge in [-0.1, -0.05) is 23.2 Å². The van der Waals surface area contributed by atoms with Gasteiger partial charge in [0, 0.05) is 0 Å². The van der Waals surface area contributed by atoms with Crippen LogP contribution in [0.15, 0.2) is 12.1 Å². The third-order valence-electron chi connectivity index (χ3n) is 1.90. The summed E-state index contributed by atoms with van der Waals surface area (Å²) in [6.45, 7) is 0. The molecule has 2 rings (SSSR count). The predicted octanol–water partition coefficient (Wildman–Crippen LogP) is 2.66. The molecule has 0 atom stereocenters. The first kappa shape index (κ1) is 10.3. The molecule has 1 N–H and O–H groups in total. The topological polar surface area (TPSA) is 55.0 Å². The quantitative estimate of drug-likeness (QED) is 0.785. The van der Waals surface area contributed by atoms with E-state index in [2.05, 4.69) is 14.7 Å². The molecule has 2 aromatic rings. The lowest BCUT2D eigenvalue weighted by Gasteiger charge is -1.93. The van der Waals surface area contributed by atoms with Gasteiger partial charge in [0.2, 0.25) is 5.82 Å². The van der Waals surface area contributed by atoms with Gasteiger partial charge in [0.25, 0.3) is 0 Å². The fourth-order valence-corrected chi connectivity index (χ4v) is 1.52. The first-order chi connectivity index (χ1) is 7.11. The summed E-state index contributed by atoms with van der Waals surface area (Å²) >= 11 is 11.6. The van der Waals surface area contributed by atoms with Gasteiger partial charge in [0.1, 0.15) is 0 Å². The number of aromatic amines is 1. The number of hydrogen-bond donors (Lipinski definition) is 1. The summed E-state index contributed by atoms with van der Waals surface area (Å²) in [4.78, 5) is 18.0. The molecule has 0 bridgehead atoms. The summed E-state index contributed by atoms with van der Waals surface area (Å²) in [6.07, 6.45) is 0. The molecule has 1 heterocycles. The first-order valence-corrected chi connectivity index (χ1v) is 4.80. The molecule has 0 aliphatic carbocycles. The zero-order valence-electron chi connectivity index (χ0n) is 7.67. The van der Waals surface area contributed by atoms with Crippen LogP contribution in [-0.4, -0.2) is 23.0 Å². The minimum absolute atomic E-state index is 0.130. The number of ether oxygens (including phenoxy) is 1. The molecule has 1 aromatic heterocycles. The average molecular weight is 245 g/mol. The van der Waals surface area contributed by atoms with E-state index in [4.69, 9.17) is 23.2 Å². The van der Waals surface area contributed by atoms with E-state index < -0.39 is 5.97 Å². The summed E-state index contributed by atoms with van der Waals surface area (Å²) in [6, 6.07) is 3.20. The number of benzene rings is 1. The van der Waals surface area contributed by atoms with Gasteiger partial charge in [-0.05, 0) is 12.1 Å². The van der Waals surface area contributed by atoms with Gasteiger partial charge >= 0.3 is 5.97 Å². The Balaban J connectivity index is 2.61. The molecule has 15 heavy (non-hydrogen) atoms. The van der Waals surface area contributed by atoms with Crippen molar-refractivity contribution in [3.05, 3.63) is 28.0 Å². The number of fused-ring (bicyclic) bond motifs is 1. The van der Waals surface area contributed by atoms with Gasteiger partial charge in [-0.15, -0.1) is 0 Å². The molecular formula is C9H6Cl2N2O2. The number of methoxy groups -OCH3 is 1. The van der Waals surface area contributed by atoms with E-state index >= 15 is 0 Å². The van der Waals surface area contributed by atoms with E-state index in [1.165, 1.54) is 7.11 Å². The zero-order chi connectivity index (χ0) is 11.0. The molecule has 0 saturated carbocycles. The summed E-state index contributed by atoms with van der Waals surface area (Å²) in [5, 5.41) is 0.802. The maximum Gasteiger partial charge on any atom is 0.374 e. The van der Waals surface area contributed by atoms with Crippen LogP contribution in [-0.2, 0) is 4.74 Å². The standard InChI is InChI=1S/C9H6Cl2N2O2/c1-15-9(14)8-12-6-2-4(10)5(11)3-7(6)13-8/h2-3H,1H3,(H,12,13). The lowest BCUT2D eigenvalue weighted by atomic mass is 10.3. The van der Waals surface area contributed by atoms with Crippen molar-refractivity contribution in [1.82, 2.24) is 9.97 Å². The fraction of sp³-hybridized carbons (Fsp3) is 0.111. The Kier molecular flexibility index (Phi) is 2.54. The Morgan fingerprint density at radius 3 is 2.73 bits per heavy atom. The number of carbonyl (C=O) groups excluding carboxylic acids is 1. The minimum atomic E-state index is -0.529. The van der Waals surface area contributed by atoms with Gasteiger partial charge in [0.15, 0.2) is 0 Å². The van der Waals surface area contributed by atoms with Crippen LogP contribution >= 0.6 is 23.2 Å². The number of carbonyl (C=O) groups is 1. The molecule has 6 heteroatoms. The van der Waals surface area contributed by atoms with Crippen molar-refractivity contribution in [2.75, 3.05) is 7.11 Å². The first-order valence-electron chi connectivity index (χ1n) is 4.05. The highest BCUT2D eigenvalue weighted by atomic mass is 35.5. The van der Waals surface area contributed by atoms with Crippen molar-refractivity contribution in [2.24, 2.45) is 0 Å². The van der Waals surface area contributed by atoms with E-state index in [9.17, 15) is 4.79 Å². The number of esters is 1. The van der Waals surface area contributed by atoms with Crippen LogP contribution in [0.3, 0.4) is 0 Å². The third kappa shape index (κ3) is 1.78. The van der Waals surface area contributed by atoms with E-state index in [-0.39, 0.29) is 5.82 Å². The third-order valence-corrected chi connectivity index (χ3v) is 2.62. The molecule has 78 valence electrons. The second kappa shape index (κ2) is 3.72. The van der Waals surface area contributed by atoms with Crippen molar-refractivity contribution < 1.29 is 9.53 Å². The SMILES string of the molecule is COC(=O)c1nc2cc(Cl)c(Cl)cc2[nH]1. The van der Waals surface area contributed by atoms with E-state index in [1.54, 1.807) is 12.1 Å². The van der Waals surface area contributed by atoms with Crippen LogP contribution in [0.2, 0.25) is 10.0 Å². The number of halogens is 2. The predicted molar refractivity (Wildman–Crippen MR) is 57.5 cm³/mol. The molecule has 0 amide bonds. The summed E-state index contributed by atoms with van der Waals surface area (Å²) < 4.78 is 4.53. The molecule has 0 saturated heterocycles. The molecule has 0 aliphatic heterocycles. The zero-order valence-corrected chi connectivity index (χ0v) is 9.19. The van der Waals surface area contributed by atoms with Crippen molar-refractivity contribution in [1.29, 1.82) is 0 Å². The van der Waals surface area contributed by atoms with Crippen LogP contribution < -0.4 is 0 Å². The fourth-order valence-electron chi connectivity index (χ4n) is 1.20. The molecular weight excluding hydrogens is 239 g/mol. The number of aromatic nitrogens is 2. The molecule has 0 unspecified atom stereocenters. The van der Waals surface area contributed by atoms with E-state index in [1.807, 2.05) is 0 Å². The molecule has 4 nitrogen and oxygen atoms in total. The summed E-state index contributed by atoms with van der Waals surface area (Å²) in [7, 11) is 1.29. The lowest BCUT2D eigenvalue weighted by molar-refractivity contribution is 0.0588. The number of nitrogens with zero attached hydrogens (tertiary/aromatic N) is 1. The van der Waals surface area contributed by atoms with Crippen molar-refractivity contribution in [3.63, 3.8) is 0 Å². The minimum Gasteiger partial charge on any atom is -0.463 e. The van der Waals surface area contributed by atoms with E-state index in [0.717, 1.165) is 0 Å². The summed E-state index contributed by atoms with van der Waals surface area (Å²) in [5.41, 5.74) is 1.22.